The lowest BCUT2D eigenvalue weighted by molar-refractivity contribution is 0.144. The van der Waals surface area contributed by atoms with Crippen LogP contribution in [0.2, 0.25) is 0 Å². The number of hydrogen-bond acceptors (Lipinski definition) is 8. The molecule has 0 atom stereocenters. The van der Waals surface area contributed by atoms with Gasteiger partial charge in [-0.05, 0) is 30.3 Å². The van der Waals surface area contributed by atoms with Crippen LogP contribution in [-0.4, -0.2) is 56.3 Å². The monoisotopic (exact) mass is 463 g/mol. The standard InChI is InChI=1S/C24H25N5O5/c1-30-9-10-34-19-7-5-15(11-20(19)32-3)22-24(29-23(28-22)16(13-25)14-26-29)27-17-6-8-18(31-2)21(12-17)33-4/h5-8,11-12,14,26-27H,9-10H2,1-4H3. The van der Waals surface area contributed by atoms with Crippen LogP contribution in [0, 0.1) is 11.3 Å². The normalized spacial score (nSPS) is 10.7. The number of rotatable bonds is 10. The minimum absolute atomic E-state index is 0.400. The first-order chi connectivity index (χ1) is 16.6. The van der Waals surface area contributed by atoms with Crippen molar-refractivity contribution in [1.82, 2.24) is 14.6 Å². The van der Waals surface area contributed by atoms with E-state index in [0.29, 0.717) is 58.9 Å². The van der Waals surface area contributed by atoms with E-state index in [0.717, 1.165) is 11.3 Å². The highest BCUT2D eigenvalue weighted by Gasteiger charge is 2.20. The van der Waals surface area contributed by atoms with Gasteiger partial charge >= 0.3 is 0 Å². The molecular weight excluding hydrogens is 438 g/mol. The first-order valence-electron chi connectivity index (χ1n) is 10.4. The summed E-state index contributed by atoms with van der Waals surface area (Å²) < 4.78 is 28.8. The molecule has 0 amide bonds. The van der Waals surface area contributed by atoms with Crippen molar-refractivity contribution >= 4 is 17.2 Å². The van der Waals surface area contributed by atoms with Crippen molar-refractivity contribution in [2.24, 2.45) is 0 Å². The average molecular weight is 463 g/mol. The number of nitriles is 1. The van der Waals surface area contributed by atoms with E-state index in [1.165, 1.54) is 0 Å². The molecule has 0 unspecified atom stereocenters. The quantitative estimate of drug-likeness (QED) is 0.339. The first-order valence-corrected chi connectivity index (χ1v) is 10.4. The minimum Gasteiger partial charge on any atom is -0.493 e. The Labute approximate surface area is 196 Å². The number of nitrogens with zero attached hydrogens (tertiary/aromatic N) is 3. The molecule has 0 fully saturated rings. The third kappa shape index (κ3) is 4.29. The van der Waals surface area contributed by atoms with Crippen LogP contribution in [-0.2, 0) is 4.74 Å². The van der Waals surface area contributed by atoms with Gasteiger partial charge in [-0.25, -0.2) is 9.50 Å². The van der Waals surface area contributed by atoms with E-state index in [1.54, 1.807) is 39.2 Å². The van der Waals surface area contributed by atoms with Gasteiger partial charge in [-0.15, -0.1) is 0 Å². The van der Waals surface area contributed by atoms with Crippen molar-refractivity contribution in [3.8, 4) is 40.3 Å². The molecule has 2 heterocycles. The molecule has 10 nitrogen and oxygen atoms in total. The van der Waals surface area contributed by atoms with Crippen LogP contribution in [0.1, 0.15) is 5.56 Å². The number of aromatic amines is 1. The predicted octanol–water partition coefficient (Wildman–Crippen LogP) is 4.00. The zero-order valence-electron chi connectivity index (χ0n) is 19.3. The molecular formula is C24H25N5O5. The summed E-state index contributed by atoms with van der Waals surface area (Å²) in [5.41, 5.74) is 3.08. The highest BCUT2D eigenvalue weighted by molar-refractivity contribution is 5.82. The minimum atomic E-state index is 0.400. The average Bonchev–Trinajstić information content (AvgIpc) is 3.44. The van der Waals surface area contributed by atoms with Crippen LogP contribution >= 0.6 is 0 Å². The second-order valence-electron chi connectivity index (χ2n) is 7.17. The Morgan fingerprint density at radius 2 is 1.68 bits per heavy atom. The maximum absolute atomic E-state index is 9.51. The number of H-pyrrole nitrogens is 1. The summed E-state index contributed by atoms with van der Waals surface area (Å²) in [5.74, 6) is 2.99. The van der Waals surface area contributed by atoms with Crippen LogP contribution in [0.25, 0.3) is 16.9 Å². The van der Waals surface area contributed by atoms with Crippen LogP contribution in [0.15, 0.2) is 42.6 Å². The number of benzene rings is 2. The van der Waals surface area contributed by atoms with Gasteiger partial charge in [0.15, 0.2) is 34.5 Å². The summed E-state index contributed by atoms with van der Waals surface area (Å²) in [6.45, 7) is 0.865. The number of ether oxygens (including phenoxy) is 5. The molecule has 0 aliphatic carbocycles. The molecule has 0 saturated heterocycles. The predicted molar refractivity (Wildman–Crippen MR) is 126 cm³/mol. The van der Waals surface area contributed by atoms with Gasteiger partial charge in [-0.1, -0.05) is 0 Å². The molecule has 0 spiro atoms. The van der Waals surface area contributed by atoms with Gasteiger partial charge in [0, 0.05) is 30.6 Å². The number of nitrogens with one attached hydrogen (secondary N) is 2. The van der Waals surface area contributed by atoms with Gasteiger partial charge in [0.2, 0.25) is 0 Å². The van der Waals surface area contributed by atoms with Crippen molar-refractivity contribution in [1.29, 1.82) is 5.26 Å². The van der Waals surface area contributed by atoms with Crippen LogP contribution in [0.3, 0.4) is 0 Å². The highest BCUT2D eigenvalue weighted by atomic mass is 16.5. The van der Waals surface area contributed by atoms with Crippen LogP contribution in [0.4, 0.5) is 11.5 Å². The van der Waals surface area contributed by atoms with Gasteiger partial charge < -0.3 is 29.0 Å². The summed E-state index contributed by atoms with van der Waals surface area (Å²) in [7, 11) is 6.36. The number of anilines is 2. The van der Waals surface area contributed by atoms with Crippen molar-refractivity contribution in [3.05, 3.63) is 48.2 Å². The molecule has 0 radical (unpaired) electrons. The molecule has 0 aliphatic rings. The van der Waals surface area contributed by atoms with Crippen LogP contribution in [0.5, 0.6) is 23.0 Å². The molecule has 4 rings (SSSR count). The Bertz CT molecular complexity index is 1340. The van der Waals surface area contributed by atoms with Crippen molar-refractivity contribution in [3.63, 3.8) is 0 Å². The number of hydrogen-bond donors (Lipinski definition) is 2. The van der Waals surface area contributed by atoms with Crippen LogP contribution < -0.4 is 24.3 Å². The molecule has 4 aromatic rings. The van der Waals surface area contributed by atoms with Crippen molar-refractivity contribution in [2.75, 3.05) is 47.0 Å². The van der Waals surface area contributed by atoms with Crippen molar-refractivity contribution < 1.29 is 23.7 Å². The fourth-order valence-corrected chi connectivity index (χ4v) is 3.54. The Kier molecular flexibility index (Phi) is 6.75. The lowest BCUT2D eigenvalue weighted by atomic mass is 10.1. The number of aromatic nitrogens is 3. The largest absolute Gasteiger partial charge is 0.493 e. The Morgan fingerprint density at radius 3 is 2.38 bits per heavy atom. The molecule has 0 aliphatic heterocycles. The molecule has 0 bridgehead atoms. The molecule has 176 valence electrons. The van der Waals surface area contributed by atoms with Gasteiger partial charge in [0.25, 0.3) is 0 Å². The van der Waals surface area contributed by atoms with Gasteiger partial charge in [-0.2, -0.15) is 5.26 Å². The number of imidazole rings is 1. The fourth-order valence-electron chi connectivity index (χ4n) is 3.54. The van der Waals surface area contributed by atoms with Crippen molar-refractivity contribution in [2.45, 2.75) is 0 Å². The van der Waals surface area contributed by atoms with E-state index in [4.69, 9.17) is 28.7 Å². The van der Waals surface area contributed by atoms with Gasteiger partial charge in [-0.3, -0.25) is 5.10 Å². The SMILES string of the molecule is COCCOc1ccc(-c2nc3c(C#N)c[nH]n3c2Nc2ccc(OC)c(OC)c2)cc1OC. The first kappa shape index (κ1) is 22.8. The fraction of sp³-hybridized carbons (Fsp3) is 0.250. The summed E-state index contributed by atoms with van der Waals surface area (Å²) in [6.07, 6.45) is 1.61. The molecule has 2 aromatic heterocycles. The Hall–Kier alpha value is -4.36. The van der Waals surface area contributed by atoms with E-state index in [-0.39, 0.29) is 0 Å². The highest BCUT2D eigenvalue weighted by Crippen LogP contribution is 2.38. The lowest BCUT2D eigenvalue weighted by Crippen LogP contribution is -2.05. The second kappa shape index (κ2) is 10.1. The third-order valence-electron chi connectivity index (χ3n) is 5.21. The Morgan fingerprint density at radius 1 is 0.941 bits per heavy atom. The summed E-state index contributed by atoms with van der Waals surface area (Å²) in [6, 6.07) is 13.2. The third-order valence-corrected chi connectivity index (χ3v) is 5.21. The molecule has 10 heteroatoms. The van der Waals surface area contributed by atoms with Gasteiger partial charge in [0.05, 0.1) is 27.9 Å². The smallest absolute Gasteiger partial charge is 0.173 e. The van der Waals surface area contributed by atoms with E-state index >= 15 is 0 Å². The number of fused-ring (bicyclic) bond motifs is 1. The van der Waals surface area contributed by atoms with E-state index < -0.39 is 0 Å². The Balaban J connectivity index is 1.79. The summed E-state index contributed by atoms with van der Waals surface area (Å²) in [4.78, 5) is 4.74. The molecule has 2 aromatic carbocycles. The van der Waals surface area contributed by atoms with Gasteiger partial charge in [0.1, 0.15) is 23.9 Å². The van der Waals surface area contributed by atoms with E-state index in [9.17, 15) is 5.26 Å². The molecule has 34 heavy (non-hydrogen) atoms. The maximum Gasteiger partial charge on any atom is 0.173 e. The summed E-state index contributed by atoms with van der Waals surface area (Å²) >= 11 is 0. The second-order valence-corrected chi connectivity index (χ2v) is 7.17. The zero-order chi connectivity index (χ0) is 24.1. The zero-order valence-corrected chi connectivity index (χ0v) is 19.3. The van der Waals surface area contributed by atoms with E-state index in [2.05, 4.69) is 16.5 Å². The summed E-state index contributed by atoms with van der Waals surface area (Å²) in [5, 5.41) is 16.0. The van der Waals surface area contributed by atoms with E-state index in [1.807, 2.05) is 36.4 Å². The molecule has 0 saturated carbocycles. The topological polar surface area (TPSA) is 115 Å². The maximum atomic E-state index is 9.51. The lowest BCUT2D eigenvalue weighted by Gasteiger charge is -2.13. The molecule has 2 N–H and O–H groups in total. The number of methoxy groups -OCH3 is 4.